The number of fused-ring (bicyclic) bond motifs is 2. The molecule has 7 N–H and O–H groups in total. The lowest BCUT2D eigenvalue weighted by Gasteiger charge is -2.30. The molecule has 2 amide bonds. The molecule has 14 nitrogen and oxygen atoms in total. The van der Waals surface area contributed by atoms with Crippen molar-refractivity contribution in [2.45, 2.75) is 76.4 Å². The van der Waals surface area contributed by atoms with E-state index in [0.717, 1.165) is 6.08 Å². The number of primary amides is 1. The number of allylic oxidation sites excluding steroid dienone is 4. The summed E-state index contributed by atoms with van der Waals surface area (Å²) in [7, 11) is -1.03. The molecule has 50 heavy (non-hydrogen) atoms. The van der Waals surface area contributed by atoms with Gasteiger partial charge in [0, 0.05) is 43.9 Å². The Balaban J connectivity index is 2.05. The summed E-state index contributed by atoms with van der Waals surface area (Å²) in [6.07, 6.45) is 3.17. The number of primary sulfonamides is 1. The molecule has 272 valence electrons. The van der Waals surface area contributed by atoms with Crippen LogP contribution in [0.1, 0.15) is 46.1 Å². The van der Waals surface area contributed by atoms with Crippen LogP contribution in [0.3, 0.4) is 0 Å². The molecule has 0 saturated carbocycles. The third kappa shape index (κ3) is 10.5. The Morgan fingerprint density at radius 3 is 2.32 bits per heavy atom. The summed E-state index contributed by atoms with van der Waals surface area (Å²) in [6.45, 7) is 6.92. The van der Waals surface area contributed by atoms with Crippen LogP contribution < -0.4 is 21.5 Å². The lowest BCUT2D eigenvalue weighted by molar-refractivity contribution is -0.120. The molecule has 1 heterocycles. The second-order valence-corrected chi connectivity index (χ2v) is 14.0. The number of aliphatic hydroxyl groups excluding tert-OH is 1. The van der Waals surface area contributed by atoms with Crippen molar-refractivity contribution in [3.8, 4) is 0 Å². The number of amides is 2. The average molecular weight is 715 g/mol. The molecule has 1 aliphatic heterocycles. The number of Topliss-reactive ketones (excluding diaryl/α,β-unsaturated/α-hetero) is 1. The lowest BCUT2D eigenvalue weighted by Crippen LogP contribution is -2.37. The molecule has 1 aromatic rings. The molecular formula is C35H46N4O10S. The van der Waals surface area contributed by atoms with Crippen molar-refractivity contribution in [1.29, 1.82) is 0 Å². The molecule has 2 bridgehead atoms. The Bertz CT molecular complexity index is 1730. The lowest BCUT2D eigenvalue weighted by atomic mass is 9.85. The fraction of sp³-hybridized carbons (Fsp3) is 0.429. The molecule has 6 atom stereocenters. The van der Waals surface area contributed by atoms with E-state index in [9.17, 15) is 32.7 Å². The standard InChI is InChI=1S/C35H46N4O10S/c1-19-14-25-30(38-18-23-10-12-24(13-11-23)50(37,45)46)27(40)17-26(32(25)42)39-34(43)20(2)8-7-9-28(47-5)33(49-35(36)44)22(4)16-21(3)31(41)29(15-19)48-6/h7-13,16-17,19,21,28-29,31,33,38,41H,14-15,18H2,1-6H3,(H2,36,44)(H,39,43)(H2,37,45,46)/b9-7-,20-8+,22-16+/t19-,21+,28+,29+,31-,33+/m1/s1. The van der Waals surface area contributed by atoms with E-state index in [4.69, 9.17) is 25.1 Å². The highest BCUT2D eigenvalue weighted by molar-refractivity contribution is 7.89. The van der Waals surface area contributed by atoms with Crippen LogP contribution in [0.15, 0.2) is 87.7 Å². The third-order valence-electron chi connectivity index (χ3n) is 8.51. The molecular weight excluding hydrogens is 668 g/mol. The Morgan fingerprint density at radius 1 is 1.08 bits per heavy atom. The molecule has 0 spiro atoms. The number of aliphatic hydroxyl groups is 1. The van der Waals surface area contributed by atoms with Gasteiger partial charge in [0.15, 0.2) is 6.10 Å². The van der Waals surface area contributed by atoms with Gasteiger partial charge in [-0.3, -0.25) is 14.4 Å². The second kappa shape index (κ2) is 17.5. The van der Waals surface area contributed by atoms with Crippen LogP contribution in [0.2, 0.25) is 0 Å². The van der Waals surface area contributed by atoms with Gasteiger partial charge in [-0.25, -0.2) is 18.4 Å². The van der Waals surface area contributed by atoms with Crippen LogP contribution in [0.5, 0.6) is 0 Å². The fourth-order valence-corrected chi connectivity index (χ4v) is 6.28. The maximum absolute atomic E-state index is 13.9. The fourth-order valence-electron chi connectivity index (χ4n) is 5.77. The molecule has 2 aliphatic rings. The number of nitrogens with two attached hydrogens (primary N) is 2. The van der Waals surface area contributed by atoms with Gasteiger partial charge in [-0.05, 0) is 55.9 Å². The number of methoxy groups -OCH3 is 2. The van der Waals surface area contributed by atoms with E-state index in [0.29, 0.717) is 11.1 Å². The minimum Gasteiger partial charge on any atom is -0.439 e. The van der Waals surface area contributed by atoms with E-state index in [1.165, 1.54) is 57.6 Å². The number of hydrogen-bond donors (Lipinski definition) is 5. The molecule has 0 unspecified atom stereocenters. The van der Waals surface area contributed by atoms with Gasteiger partial charge >= 0.3 is 6.09 Å². The Labute approximate surface area is 292 Å². The minimum absolute atomic E-state index is 0.0315. The summed E-state index contributed by atoms with van der Waals surface area (Å²) >= 11 is 0. The highest BCUT2D eigenvalue weighted by Crippen LogP contribution is 2.29. The number of ether oxygens (including phenoxy) is 3. The van der Waals surface area contributed by atoms with Crippen LogP contribution in [0, 0.1) is 11.8 Å². The van der Waals surface area contributed by atoms with Crippen LogP contribution >= 0.6 is 0 Å². The highest BCUT2D eigenvalue weighted by Gasteiger charge is 2.33. The average Bonchev–Trinajstić information content (AvgIpc) is 3.05. The normalized spacial score (nSPS) is 28.8. The Hall–Kier alpha value is -4.41. The molecule has 1 aliphatic carbocycles. The molecule has 15 heteroatoms. The smallest absolute Gasteiger partial charge is 0.405 e. The van der Waals surface area contributed by atoms with Gasteiger partial charge < -0.3 is 35.7 Å². The van der Waals surface area contributed by atoms with Crippen molar-refractivity contribution in [1.82, 2.24) is 10.6 Å². The topological polar surface area (TPSA) is 226 Å². The van der Waals surface area contributed by atoms with Crippen molar-refractivity contribution in [3.05, 3.63) is 88.3 Å². The zero-order chi connectivity index (χ0) is 37.3. The maximum atomic E-state index is 13.9. The summed E-state index contributed by atoms with van der Waals surface area (Å²) < 4.78 is 39.9. The number of nitrogens with one attached hydrogen (secondary N) is 2. The first-order valence-electron chi connectivity index (χ1n) is 15.9. The minimum atomic E-state index is -3.90. The monoisotopic (exact) mass is 714 g/mol. The van der Waals surface area contributed by atoms with Gasteiger partial charge in [0.05, 0.1) is 28.5 Å². The summed E-state index contributed by atoms with van der Waals surface area (Å²) in [6, 6.07) is 5.74. The van der Waals surface area contributed by atoms with Crippen molar-refractivity contribution < 1.29 is 46.9 Å². The molecule has 3 rings (SSSR count). The van der Waals surface area contributed by atoms with Gasteiger partial charge in [-0.2, -0.15) is 0 Å². The predicted molar refractivity (Wildman–Crippen MR) is 184 cm³/mol. The number of carbonyl (C=O) groups is 4. The van der Waals surface area contributed by atoms with Gasteiger partial charge in [0.25, 0.3) is 5.91 Å². The summed E-state index contributed by atoms with van der Waals surface area (Å²) in [5.41, 5.74) is 6.68. The highest BCUT2D eigenvalue weighted by atomic mass is 32.2. The van der Waals surface area contributed by atoms with Gasteiger partial charge in [-0.15, -0.1) is 0 Å². The zero-order valence-corrected chi connectivity index (χ0v) is 29.8. The maximum Gasteiger partial charge on any atom is 0.405 e. The molecule has 0 radical (unpaired) electrons. The van der Waals surface area contributed by atoms with E-state index in [1.54, 1.807) is 26.0 Å². The predicted octanol–water partition coefficient (Wildman–Crippen LogP) is 2.20. The molecule has 0 fully saturated rings. The number of carbonyl (C=O) groups excluding carboxylic acids is 4. The van der Waals surface area contributed by atoms with Crippen molar-refractivity contribution in [2.75, 3.05) is 14.2 Å². The first-order valence-corrected chi connectivity index (χ1v) is 17.4. The summed E-state index contributed by atoms with van der Waals surface area (Å²) in [5.74, 6) is -2.55. The van der Waals surface area contributed by atoms with E-state index >= 15 is 0 Å². The first kappa shape index (κ1) is 40.0. The first-order chi connectivity index (χ1) is 23.5. The quantitative estimate of drug-likeness (QED) is 0.203. The largest absolute Gasteiger partial charge is 0.439 e. The molecule has 0 saturated heterocycles. The van der Waals surface area contributed by atoms with E-state index in [1.807, 2.05) is 6.92 Å². The molecule has 1 aromatic carbocycles. The zero-order valence-electron chi connectivity index (χ0n) is 29.0. The van der Waals surface area contributed by atoms with Crippen LogP contribution in [-0.4, -0.2) is 75.7 Å². The van der Waals surface area contributed by atoms with E-state index in [-0.39, 0.29) is 52.7 Å². The van der Waals surface area contributed by atoms with Gasteiger partial charge in [0.1, 0.15) is 6.10 Å². The van der Waals surface area contributed by atoms with Crippen LogP contribution in [0.4, 0.5) is 4.79 Å². The van der Waals surface area contributed by atoms with Crippen LogP contribution in [-0.2, 0) is 45.2 Å². The number of benzene rings is 1. The Kier molecular flexibility index (Phi) is 14.0. The van der Waals surface area contributed by atoms with E-state index in [2.05, 4.69) is 10.6 Å². The van der Waals surface area contributed by atoms with Crippen molar-refractivity contribution in [2.24, 2.45) is 22.7 Å². The second-order valence-electron chi connectivity index (χ2n) is 12.5. The third-order valence-corrected chi connectivity index (χ3v) is 9.44. The number of sulfonamides is 1. The van der Waals surface area contributed by atoms with Crippen molar-refractivity contribution in [3.63, 3.8) is 0 Å². The summed E-state index contributed by atoms with van der Waals surface area (Å²) in [4.78, 5) is 52.3. The SMILES string of the molecule is CO[C@H]1/C=C\C=C(/C)C(=O)NC2=CC(=O)C(NCc3ccc(S(N)(=O)=O)cc3)=C(C[C@@H](C)C[C@H](OC)[C@H](O)[C@@H](C)/C=C(\C)[C@@H]1OC(N)=O)C2=O. The number of rotatable bonds is 7. The van der Waals surface area contributed by atoms with Gasteiger partial charge in [0.2, 0.25) is 21.6 Å². The Morgan fingerprint density at radius 2 is 1.74 bits per heavy atom. The number of ketones is 2. The summed E-state index contributed by atoms with van der Waals surface area (Å²) in [5, 5.41) is 22.1. The number of hydrogen-bond acceptors (Lipinski definition) is 11. The van der Waals surface area contributed by atoms with Crippen LogP contribution in [0.25, 0.3) is 0 Å². The van der Waals surface area contributed by atoms with Crippen molar-refractivity contribution >= 4 is 33.6 Å². The van der Waals surface area contributed by atoms with E-state index < -0.39 is 63.9 Å². The van der Waals surface area contributed by atoms with Gasteiger partial charge in [-0.1, -0.05) is 50.3 Å². The molecule has 0 aromatic heterocycles.